The Balaban J connectivity index is 0.00000433. The van der Waals surface area contributed by atoms with Crippen molar-refractivity contribution in [2.45, 2.75) is 53.2 Å². The summed E-state index contributed by atoms with van der Waals surface area (Å²) in [7, 11) is 4.32. The third-order valence-electron chi connectivity index (χ3n) is 14.2. The molecule has 5 N–H and O–H groups in total. The van der Waals surface area contributed by atoms with Crippen molar-refractivity contribution in [2.75, 3.05) is 191 Å². The van der Waals surface area contributed by atoms with Gasteiger partial charge in [0.2, 0.25) is 11.8 Å². The van der Waals surface area contributed by atoms with Crippen LogP contribution < -0.4 is 20.1 Å². The minimum atomic E-state index is -0.995. The maximum absolute atomic E-state index is 14.0. The highest BCUT2D eigenvalue weighted by atomic mass is 35.5. The van der Waals surface area contributed by atoms with Crippen LogP contribution in [0.3, 0.4) is 0 Å². The number of hydrogen-bond donors (Lipinski definition) is 5. The van der Waals surface area contributed by atoms with Crippen molar-refractivity contribution >= 4 is 64.8 Å². The number of benzene rings is 3. The van der Waals surface area contributed by atoms with E-state index in [9.17, 15) is 39.0 Å². The van der Waals surface area contributed by atoms with Crippen LogP contribution in [-0.4, -0.2) is 277 Å². The molecule has 0 atom stereocenters. The summed E-state index contributed by atoms with van der Waals surface area (Å²) in [5.74, 6) is -1.62. The zero-order chi connectivity index (χ0) is 66.7. The number of aromatic nitrogens is 2. The largest absolute Gasteiger partial charge is 0.496 e. The van der Waals surface area contributed by atoms with Crippen LogP contribution in [0.15, 0.2) is 54.6 Å². The van der Waals surface area contributed by atoms with Gasteiger partial charge in [0.05, 0.1) is 130 Å². The van der Waals surface area contributed by atoms with Crippen LogP contribution in [-0.2, 0) is 59.0 Å². The number of carboxylic acid groups (broad SMARTS) is 2. The summed E-state index contributed by atoms with van der Waals surface area (Å²) in [5.41, 5.74) is 4.28. The van der Waals surface area contributed by atoms with E-state index >= 15 is 0 Å². The van der Waals surface area contributed by atoms with Crippen LogP contribution in [0.25, 0.3) is 28.1 Å². The Bertz CT molecular complexity index is 2880. The molecule has 0 bridgehead atoms. The number of aliphatic carboxylic acids is 2. The van der Waals surface area contributed by atoms with Crippen LogP contribution in [0.4, 0.5) is 5.69 Å². The number of anilines is 1. The Kier molecular flexibility index (Phi) is 35.6. The summed E-state index contributed by atoms with van der Waals surface area (Å²) in [6.45, 7) is 17.3. The molecule has 3 amide bonds. The SMILES string of the molecule is CC.CO.COc1cc2c(cc1-c1cccc(NC(=O)CCOCCOCCOCCOCCOCCOCCNC(=O)CN3CCN(CC=O)CCN(CC(=O)O)CCN(CC(=O)O)CC3)c1)-c1c(c(C(=O)N(C)C(C)(C)C)nn1-c1cc(Cl)cc(Cl)c1)CO2. The number of amides is 3. The van der Waals surface area contributed by atoms with Crippen molar-refractivity contribution in [3.8, 4) is 39.6 Å². The van der Waals surface area contributed by atoms with Crippen LogP contribution >= 0.6 is 23.2 Å². The summed E-state index contributed by atoms with van der Waals surface area (Å²) in [5, 5.41) is 37.3. The zero-order valence-electron chi connectivity index (χ0n) is 53.8. The molecule has 3 aromatic carbocycles. The first-order chi connectivity index (χ1) is 43.8. The van der Waals surface area contributed by atoms with E-state index in [1.807, 2.05) is 68.7 Å². The van der Waals surface area contributed by atoms with E-state index < -0.39 is 17.5 Å². The molecule has 2 aliphatic rings. The first-order valence-corrected chi connectivity index (χ1v) is 31.2. The van der Waals surface area contributed by atoms with Gasteiger partial charge in [-0.25, -0.2) is 4.68 Å². The van der Waals surface area contributed by atoms with E-state index in [1.165, 1.54) is 0 Å². The number of hydrogen-bond acceptors (Lipinski definition) is 20. The van der Waals surface area contributed by atoms with E-state index in [0.717, 1.165) is 19.0 Å². The lowest BCUT2D eigenvalue weighted by Crippen LogP contribution is -2.49. The second kappa shape index (κ2) is 42.0. The van der Waals surface area contributed by atoms with Crippen molar-refractivity contribution < 1.29 is 82.0 Å². The highest BCUT2D eigenvalue weighted by molar-refractivity contribution is 6.34. The Labute approximate surface area is 543 Å². The van der Waals surface area contributed by atoms with Gasteiger partial charge in [-0.05, 0) is 62.7 Å². The zero-order valence-corrected chi connectivity index (χ0v) is 55.3. The lowest BCUT2D eigenvalue weighted by Gasteiger charge is -2.32. The predicted octanol–water partition coefficient (Wildman–Crippen LogP) is 5.05. The quantitative estimate of drug-likeness (QED) is 0.0302. The van der Waals surface area contributed by atoms with Gasteiger partial charge in [-0.3, -0.25) is 43.6 Å². The van der Waals surface area contributed by atoms with Crippen LogP contribution in [0.5, 0.6) is 11.5 Å². The summed E-state index contributed by atoms with van der Waals surface area (Å²) in [6.07, 6.45) is 0.918. The monoisotopic (exact) mass is 1320 g/mol. The summed E-state index contributed by atoms with van der Waals surface area (Å²) >= 11 is 13.0. The minimum absolute atomic E-state index is 0.0759. The molecule has 28 heteroatoms. The molecule has 26 nitrogen and oxygen atoms in total. The predicted molar refractivity (Wildman–Crippen MR) is 345 cm³/mol. The molecule has 1 aromatic heterocycles. The number of ether oxygens (including phenoxy) is 8. The number of carboxylic acids is 2. The lowest BCUT2D eigenvalue weighted by atomic mass is 9.95. The second-order valence-electron chi connectivity index (χ2n) is 21.6. The Morgan fingerprint density at radius 1 is 0.659 bits per heavy atom. The van der Waals surface area contributed by atoms with Gasteiger partial charge >= 0.3 is 11.9 Å². The van der Waals surface area contributed by atoms with Gasteiger partial charge in [-0.15, -0.1) is 0 Å². The summed E-state index contributed by atoms with van der Waals surface area (Å²) < 4.78 is 47.4. The molecule has 2 aliphatic heterocycles. The van der Waals surface area contributed by atoms with Gasteiger partial charge in [-0.2, -0.15) is 5.10 Å². The maximum atomic E-state index is 14.0. The average Bonchev–Trinajstić information content (AvgIpc) is 1.69. The molecule has 0 saturated carbocycles. The first kappa shape index (κ1) is 77.1. The van der Waals surface area contributed by atoms with Crippen LogP contribution in [0.2, 0.25) is 10.0 Å². The number of aldehydes is 1. The van der Waals surface area contributed by atoms with E-state index in [0.29, 0.717) is 174 Å². The molecule has 6 rings (SSSR count). The molecule has 1 saturated heterocycles. The molecular formula is C63H93Cl2N9O17. The molecule has 91 heavy (non-hydrogen) atoms. The first-order valence-electron chi connectivity index (χ1n) is 30.4. The number of aliphatic hydroxyl groups is 1. The van der Waals surface area contributed by atoms with E-state index in [1.54, 1.807) is 63.9 Å². The van der Waals surface area contributed by atoms with Gasteiger partial charge in [-0.1, -0.05) is 49.2 Å². The fraction of sp³-hybridized carbons (Fsp3) is 0.571. The van der Waals surface area contributed by atoms with Crippen LogP contribution in [0, 0.1) is 0 Å². The van der Waals surface area contributed by atoms with Gasteiger partial charge in [0.25, 0.3) is 5.91 Å². The second-order valence-corrected chi connectivity index (χ2v) is 22.4. The number of aliphatic hydroxyl groups excluding tert-OH is 1. The number of halogens is 2. The van der Waals surface area contributed by atoms with Crippen molar-refractivity contribution in [2.24, 2.45) is 0 Å². The molecule has 1 fully saturated rings. The van der Waals surface area contributed by atoms with Gasteiger partial charge in [0.15, 0.2) is 5.69 Å². The Hall–Kier alpha value is -6.37. The fourth-order valence-electron chi connectivity index (χ4n) is 9.36. The number of nitrogens with one attached hydrogen (secondary N) is 2. The van der Waals surface area contributed by atoms with Crippen molar-refractivity contribution in [1.29, 1.82) is 0 Å². The standard InChI is InChI=1S/C60H83Cl2N9O16.C2H6.CH4O/c1-60(2,3)66(4)59(79)57-50-42-87-52-38-51(80-5)48(37-49(52)58(50)71(65-57)47-35-44(61)34-45(62)36-47)43-7-6-8-46(33-43)64-53(73)9-21-81-23-25-83-27-29-85-31-32-86-30-28-84-26-24-82-22-10-63-54(74)39-68-13-11-67(19-20-72)12-14-69(40-55(75)76)17-18-70(16-15-68)41-56(77)78;2*1-2/h6-8,20,33-38H,9-19,21-32,39-42H2,1-5H3,(H,63,74)(H,64,73)(H,75,76)(H,77,78);1-2H3;2H,1H3. The lowest BCUT2D eigenvalue weighted by molar-refractivity contribution is -0.140. The third-order valence-corrected chi connectivity index (χ3v) is 14.7. The third kappa shape index (κ3) is 27.0. The van der Waals surface area contributed by atoms with Gasteiger partial charge in [0.1, 0.15) is 24.4 Å². The molecule has 3 heterocycles. The van der Waals surface area contributed by atoms with Gasteiger partial charge in [0, 0.05) is 117 Å². The normalized spacial score (nSPS) is 14.1. The number of methoxy groups -OCH3 is 1. The smallest absolute Gasteiger partial charge is 0.317 e. The minimum Gasteiger partial charge on any atom is -0.496 e. The van der Waals surface area contributed by atoms with Gasteiger partial charge < -0.3 is 73.5 Å². The van der Waals surface area contributed by atoms with E-state index in [2.05, 4.69) is 10.6 Å². The number of carbonyl (C=O) groups excluding carboxylic acids is 4. The van der Waals surface area contributed by atoms with Crippen molar-refractivity contribution in [3.63, 3.8) is 0 Å². The number of carbonyl (C=O) groups is 6. The molecule has 506 valence electrons. The Morgan fingerprint density at radius 2 is 1.15 bits per heavy atom. The topological polar surface area (TPSA) is 295 Å². The van der Waals surface area contributed by atoms with Crippen molar-refractivity contribution in [3.05, 3.63) is 75.9 Å². The molecule has 0 spiro atoms. The average molecular weight is 1320 g/mol. The molecular weight excluding hydrogens is 1230 g/mol. The molecule has 0 unspecified atom stereocenters. The van der Waals surface area contributed by atoms with Crippen LogP contribution in [0.1, 0.15) is 57.1 Å². The highest BCUT2D eigenvalue weighted by Crippen LogP contribution is 2.47. The number of rotatable bonds is 34. The summed E-state index contributed by atoms with van der Waals surface area (Å²) in [4.78, 5) is 83.2. The fourth-order valence-corrected chi connectivity index (χ4v) is 9.87. The molecule has 0 radical (unpaired) electrons. The molecule has 4 aromatic rings. The molecule has 0 aliphatic carbocycles. The Morgan fingerprint density at radius 3 is 1.65 bits per heavy atom. The van der Waals surface area contributed by atoms with E-state index in [-0.39, 0.29) is 82.4 Å². The highest BCUT2D eigenvalue weighted by Gasteiger charge is 2.35. The summed E-state index contributed by atoms with van der Waals surface area (Å²) in [6, 6.07) is 16.2. The van der Waals surface area contributed by atoms with Crippen molar-refractivity contribution in [1.82, 2.24) is 39.6 Å². The number of nitrogens with zero attached hydrogens (tertiary/aromatic N) is 7. The maximum Gasteiger partial charge on any atom is 0.317 e. The van der Waals surface area contributed by atoms with E-state index in [4.69, 9.17) is 71.3 Å². The number of fused-ring (bicyclic) bond motifs is 3.